The van der Waals surface area contributed by atoms with Crippen LogP contribution in [0.1, 0.15) is 39.0 Å². The summed E-state index contributed by atoms with van der Waals surface area (Å²) >= 11 is 0. The van der Waals surface area contributed by atoms with Crippen molar-refractivity contribution in [1.29, 1.82) is 0 Å². The summed E-state index contributed by atoms with van der Waals surface area (Å²) in [5, 5.41) is 3.56. The lowest BCUT2D eigenvalue weighted by Crippen LogP contribution is -2.35. The van der Waals surface area contributed by atoms with Crippen LogP contribution < -0.4 is 5.32 Å². The maximum Gasteiger partial charge on any atom is 0.0229 e. The van der Waals surface area contributed by atoms with E-state index in [9.17, 15) is 0 Å². The van der Waals surface area contributed by atoms with Crippen molar-refractivity contribution >= 4 is 0 Å². The van der Waals surface area contributed by atoms with Gasteiger partial charge in [-0.1, -0.05) is 26.2 Å². The fraction of sp³-hybridized carbons (Fsp3) is 1.00. The second-order valence-corrected chi connectivity index (χ2v) is 5.52. The summed E-state index contributed by atoms with van der Waals surface area (Å²) in [7, 11) is 4.39. The molecule has 0 bridgehead atoms. The summed E-state index contributed by atoms with van der Waals surface area (Å²) in [6, 6.07) is 0.777. The molecule has 1 aliphatic heterocycles. The van der Waals surface area contributed by atoms with E-state index in [-0.39, 0.29) is 0 Å². The van der Waals surface area contributed by atoms with E-state index in [1.54, 1.807) is 0 Å². The van der Waals surface area contributed by atoms with Gasteiger partial charge in [0.15, 0.2) is 0 Å². The molecule has 0 spiro atoms. The van der Waals surface area contributed by atoms with Crippen molar-refractivity contribution in [2.24, 2.45) is 0 Å². The molecule has 0 radical (unpaired) electrons. The Morgan fingerprint density at radius 2 is 2.00 bits per heavy atom. The highest BCUT2D eigenvalue weighted by Gasteiger charge is 2.22. The number of hydrogen-bond donors (Lipinski definition) is 1. The van der Waals surface area contributed by atoms with Crippen LogP contribution in [-0.4, -0.2) is 62.7 Å². The van der Waals surface area contributed by atoms with Crippen molar-refractivity contribution < 1.29 is 0 Å². The minimum atomic E-state index is 0.777. The maximum absolute atomic E-state index is 3.56. The molecule has 1 rings (SSSR count). The molecule has 1 aliphatic rings. The van der Waals surface area contributed by atoms with Crippen LogP contribution in [0, 0.1) is 0 Å². The minimum Gasteiger partial charge on any atom is -0.315 e. The van der Waals surface area contributed by atoms with Crippen LogP contribution in [0.5, 0.6) is 0 Å². The third kappa shape index (κ3) is 6.39. The number of hydrogen-bond acceptors (Lipinski definition) is 3. The maximum atomic E-state index is 3.56. The van der Waals surface area contributed by atoms with Gasteiger partial charge in [0.25, 0.3) is 0 Å². The number of likely N-dealkylation sites (N-methyl/N-ethyl adjacent to an activating group) is 1. The van der Waals surface area contributed by atoms with Crippen LogP contribution in [0.2, 0.25) is 0 Å². The molecule has 3 heteroatoms. The first-order valence-corrected chi connectivity index (χ1v) is 7.33. The Labute approximate surface area is 108 Å². The summed E-state index contributed by atoms with van der Waals surface area (Å²) in [5.74, 6) is 0. The number of nitrogens with one attached hydrogen (secondary N) is 1. The Kier molecular flexibility index (Phi) is 7.82. The van der Waals surface area contributed by atoms with Crippen LogP contribution >= 0.6 is 0 Å². The van der Waals surface area contributed by atoms with Crippen LogP contribution in [-0.2, 0) is 0 Å². The molecule has 1 atom stereocenters. The number of unbranched alkanes of at least 4 members (excludes halogenated alkanes) is 3. The van der Waals surface area contributed by atoms with Gasteiger partial charge < -0.3 is 15.1 Å². The van der Waals surface area contributed by atoms with Gasteiger partial charge in [0, 0.05) is 25.7 Å². The first kappa shape index (κ1) is 14.9. The third-order valence-electron chi connectivity index (χ3n) is 3.79. The number of likely N-dealkylation sites (tertiary alicyclic amines) is 1. The summed E-state index contributed by atoms with van der Waals surface area (Å²) in [6.45, 7) is 8.38. The molecule has 0 amide bonds. The first-order chi connectivity index (χ1) is 8.24. The molecule has 0 saturated carbocycles. The molecule has 0 aliphatic carbocycles. The zero-order valence-electron chi connectivity index (χ0n) is 12.0. The van der Waals surface area contributed by atoms with Gasteiger partial charge in [-0.2, -0.15) is 0 Å². The van der Waals surface area contributed by atoms with Crippen LogP contribution in [0.3, 0.4) is 0 Å². The van der Waals surface area contributed by atoms with Crippen LogP contribution in [0.15, 0.2) is 0 Å². The molecular formula is C14H31N3. The van der Waals surface area contributed by atoms with E-state index in [1.165, 1.54) is 58.3 Å². The Morgan fingerprint density at radius 3 is 2.65 bits per heavy atom. The summed E-state index contributed by atoms with van der Waals surface area (Å²) in [5.41, 5.74) is 0. The lowest BCUT2D eigenvalue weighted by molar-refractivity contribution is 0.268. The van der Waals surface area contributed by atoms with E-state index in [4.69, 9.17) is 0 Å². The molecule has 0 aromatic carbocycles. The van der Waals surface area contributed by atoms with Crippen molar-refractivity contribution in [3.63, 3.8) is 0 Å². The van der Waals surface area contributed by atoms with E-state index in [0.717, 1.165) is 12.6 Å². The van der Waals surface area contributed by atoms with E-state index < -0.39 is 0 Å². The van der Waals surface area contributed by atoms with Crippen molar-refractivity contribution in [1.82, 2.24) is 15.1 Å². The van der Waals surface area contributed by atoms with Gasteiger partial charge in [-0.25, -0.2) is 0 Å². The van der Waals surface area contributed by atoms with E-state index in [1.807, 2.05) is 0 Å². The average molecular weight is 241 g/mol. The molecule has 1 unspecified atom stereocenters. The SMILES string of the molecule is CCCCCCNCCN1CCC(N(C)C)C1. The zero-order valence-corrected chi connectivity index (χ0v) is 12.0. The summed E-state index contributed by atoms with van der Waals surface area (Å²) in [4.78, 5) is 4.95. The van der Waals surface area contributed by atoms with Crippen LogP contribution in [0.4, 0.5) is 0 Å². The van der Waals surface area contributed by atoms with Gasteiger partial charge in [-0.3, -0.25) is 0 Å². The second kappa shape index (κ2) is 8.90. The largest absolute Gasteiger partial charge is 0.315 e. The zero-order chi connectivity index (χ0) is 12.5. The first-order valence-electron chi connectivity index (χ1n) is 7.33. The highest BCUT2D eigenvalue weighted by atomic mass is 15.2. The molecule has 1 heterocycles. The predicted molar refractivity (Wildman–Crippen MR) is 75.5 cm³/mol. The molecule has 1 N–H and O–H groups in total. The minimum absolute atomic E-state index is 0.777. The van der Waals surface area contributed by atoms with Crippen LogP contribution in [0.25, 0.3) is 0 Å². The lowest BCUT2D eigenvalue weighted by atomic mass is 10.2. The molecule has 1 fully saturated rings. The summed E-state index contributed by atoms with van der Waals surface area (Å²) in [6.07, 6.45) is 6.78. The monoisotopic (exact) mass is 241 g/mol. The molecule has 3 nitrogen and oxygen atoms in total. The molecule has 1 saturated heterocycles. The second-order valence-electron chi connectivity index (χ2n) is 5.52. The van der Waals surface area contributed by atoms with Gasteiger partial charge in [-0.05, 0) is 40.0 Å². The number of rotatable bonds is 9. The van der Waals surface area contributed by atoms with E-state index >= 15 is 0 Å². The molecule has 17 heavy (non-hydrogen) atoms. The third-order valence-corrected chi connectivity index (χ3v) is 3.79. The Bertz CT molecular complexity index is 182. The van der Waals surface area contributed by atoms with Gasteiger partial charge in [0.2, 0.25) is 0 Å². The van der Waals surface area contributed by atoms with Gasteiger partial charge >= 0.3 is 0 Å². The topological polar surface area (TPSA) is 18.5 Å². The number of nitrogens with zero attached hydrogens (tertiary/aromatic N) is 2. The highest BCUT2D eigenvalue weighted by Crippen LogP contribution is 2.11. The standard InChI is InChI=1S/C14H31N3/c1-4-5-6-7-9-15-10-12-17-11-8-14(13-17)16(2)3/h14-15H,4-13H2,1-3H3. The average Bonchev–Trinajstić information content (AvgIpc) is 2.77. The smallest absolute Gasteiger partial charge is 0.0229 e. The van der Waals surface area contributed by atoms with E-state index in [2.05, 4.69) is 36.1 Å². The molecule has 0 aromatic heterocycles. The lowest BCUT2D eigenvalue weighted by Gasteiger charge is -2.20. The summed E-state index contributed by atoms with van der Waals surface area (Å²) < 4.78 is 0. The molecular weight excluding hydrogens is 210 g/mol. The van der Waals surface area contributed by atoms with E-state index in [0.29, 0.717) is 0 Å². The Balaban J connectivity index is 1.90. The van der Waals surface area contributed by atoms with Gasteiger partial charge in [0.1, 0.15) is 0 Å². The van der Waals surface area contributed by atoms with Crippen molar-refractivity contribution in [3.05, 3.63) is 0 Å². The van der Waals surface area contributed by atoms with Gasteiger partial charge in [-0.15, -0.1) is 0 Å². The highest BCUT2D eigenvalue weighted by molar-refractivity contribution is 4.80. The molecule has 102 valence electrons. The van der Waals surface area contributed by atoms with Crippen molar-refractivity contribution in [2.75, 3.05) is 46.8 Å². The quantitative estimate of drug-likeness (QED) is 0.621. The van der Waals surface area contributed by atoms with Crippen molar-refractivity contribution in [2.45, 2.75) is 45.1 Å². The Morgan fingerprint density at radius 1 is 1.18 bits per heavy atom. The normalized spacial score (nSPS) is 21.5. The Hall–Kier alpha value is -0.120. The fourth-order valence-corrected chi connectivity index (χ4v) is 2.48. The predicted octanol–water partition coefficient (Wildman–Crippen LogP) is 1.79. The molecule has 0 aromatic rings. The van der Waals surface area contributed by atoms with Crippen molar-refractivity contribution in [3.8, 4) is 0 Å². The fourth-order valence-electron chi connectivity index (χ4n) is 2.48. The van der Waals surface area contributed by atoms with Gasteiger partial charge in [0.05, 0.1) is 0 Å².